The van der Waals surface area contributed by atoms with Crippen LogP contribution in [0, 0.1) is 0 Å². The normalized spacial score (nSPS) is 11.1. The van der Waals surface area contributed by atoms with E-state index in [-0.39, 0.29) is 6.42 Å². The highest BCUT2D eigenvalue weighted by Gasteiger charge is 2.25. The van der Waals surface area contributed by atoms with E-state index in [2.05, 4.69) is 27.5 Å². The molecular weight excluding hydrogens is 510 g/mol. The fourth-order valence-corrected chi connectivity index (χ4v) is 4.70. The molecule has 11 heteroatoms. The van der Waals surface area contributed by atoms with Gasteiger partial charge in [0.05, 0.1) is 7.11 Å². The Morgan fingerprint density at radius 2 is 1.77 bits per heavy atom. The number of aryl methyl sites for hydroxylation is 2. The molecule has 3 aromatic heterocycles. The van der Waals surface area contributed by atoms with Crippen LogP contribution in [0.25, 0.3) is 28.3 Å². The number of esters is 1. The van der Waals surface area contributed by atoms with Gasteiger partial charge in [-0.25, -0.2) is 9.78 Å². The average Bonchev–Trinajstić information content (AvgIpc) is 3.73. The molecule has 0 saturated carbocycles. The second-order valence-corrected chi connectivity index (χ2v) is 9.33. The van der Waals surface area contributed by atoms with Crippen molar-refractivity contribution in [3.8, 4) is 28.3 Å². The smallest absolute Gasteiger partial charge is 0.358 e. The lowest BCUT2D eigenvalue weighted by molar-refractivity contribution is -0.136. The zero-order chi connectivity index (χ0) is 28.1. The average molecular weight is 540 g/mol. The molecule has 0 unspecified atom stereocenters. The predicted octanol–water partition coefficient (Wildman–Crippen LogP) is 4.33. The molecular formula is C29H29N7O4. The van der Waals surface area contributed by atoms with Gasteiger partial charge in [-0.2, -0.15) is 5.21 Å². The lowest BCUT2D eigenvalue weighted by Crippen LogP contribution is -2.15. The van der Waals surface area contributed by atoms with Gasteiger partial charge >= 0.3 is 11.9 Å². The molecule has 2 aromatic carbocycles. The first-order valence-electron chi connectivity index (χ1n) is 13.0. The second-order valence-electron chi connectivity index (χ2n) is 9.33. The quantitative estimate of drug-likeness (QED) is 0.236. The molecule has 5 rings (SSSR count). The van der Waals surface area contributed by atoms with Gasteiger partial charge in [-0.15, -0.1) is 10.2 Å². The van der Waals surface area contributed by atoms with Crippen molar-refractivity contribution in [2.75, 3.05) is 7.11 Å². The summed E-state index contributed by atoms with van der Waals surface area (Å²) in [5.74, 6) is 0.402. The van der Waals surface area contributed by atoms with E-state index in [1.54, 1.807) is 10.8 Å². The van der Waals surface area contributed by atoms with Crippen molar-refractivity contribution in [3.05, 3.63) is 89.6 Å². The number of carboxylic acids is 1. The van der Waals surface area contributed by atoms with E-state index >= 15 is 0 Å². The minimum atomic E-state index is -0.859. The number of imidazole rings is 1. The summed E-state index contributed by atoms with van der Waals surface area (Å²) in [6.07, 6.45) is 5.54. The SMILES string of the molecule is CCCc1nc(-n2ccc(CCC(=O)O)c2)c(C(=O)OC)n1Cc1ccc(-c2ccccc2-c2nn[nH]n2)cc1. The van der Waals surface area contributed by atoms with E-state index in [1.807, 2.05) is 65.4 Å². The first kappa shape index (κ1) is 26.5. The maximum absolute atomic E-state index is 13.1. The molecule has 204 valence electrons. The van der Waals surface area contributed by atoms with E-state index in [0.717, 1.165) is 40.1 Å². The summed E-state index contributed by atoms with van der Waals surface area (Å²) < 4.78 is 8.84. The zero-order valence-corrected chi connectivity index (χ0v) is 22.2. The van der Waals surface area contributed by atoms with Gasteiger partial charge in [-0.3, -0.25) is 4.79 Å². The van der Waals surface area contributed by atoms with E-state index in [9.17, 15) is 9.59 Å². The number of carboxylic acid groups (broad SMARTS) is 1. The van der Waals surface area contributed by atoms with Gasteiger partial charge in [0.15, 0.2) is 11.5 Å². The maximum Gasteiger partial charge on any atom is 0.358 e. The van der Waals surface area contributed by atoms with Crippen LogP contribution < -0.4 is 0 Å². The largest absolute Gasteiger partial charge is 0.481 e. The summed E-state index contributed by atoms with van der Waals surface area (Å²) in [7, 11) is 1.35. The van der Waals surface area contributed by atoms with Crippen LogP contribution in [0.4, 0.5) is 0 Å². The molecule has 3 heterocycles. The van der Waals surface area contributed by atoms with Crippen LogP contribution in [-0.4, -0.2) is 58.9 Å². The standard InChI is InChI=1S/C29H29N7O4/c1-3-6-24-30-28(35-16-15-20(17-35)11-14-25(37)38)26(29(39)40-2)36(24)18-19-9-12-21(13-10-19)22-7-4-5-8-23(22)27-31-33-34-32-27/h4-5,7-10,12-13,15-17H,3,6,11,14,18H2,1-2H3,(H,37,38)(H,31,32,33,34). The van der Waals surface area contributed by atoms with Gasteiger partial charge in [0.1, 0.15) is 5.82 Å². The highest BCUT2D eigenvalue weighted by atomic mass is 16.5. The topological polar surface area (TPSA) is 141 Å². The number of aliphatic carboxylic acids is 1. The molecule has 0 radical (unpaired) electrons. The third kappa shape index (κ3) is 5.53. The third-order valence-corrected chi connectivity index (χ3v) is 6.63. The fourth-order valence-electron chi connectivity index (χ4n) is 4.70. The van der Waals surface area contributed by atoms with Crippen molar-refractivity contribution in [2.24, 2.45) is 0 Å². The highest BCUT2D eigenvalue weighted by molar-refractivity contribution is 5.91. The number of aromatic nitrogens is 7. The Balaban J connectivity index is 1.49. The Kier molecular flexibility index (Phi) is 7.81. The Bertz CT molecular complexity index is 1620. The van der Waals surface area contributed by atoms with E-state index in [1.165, 1.54) is 7.11 Å². The first-order valence-corrected chi connectivity index (χ1v) is 13.0. The monoisotopic (exact) mass is 539 g/mol. The molecule has 0 spiro atoms. The maximum atomic E-state index is 13.1. The number of methoxy groups -OCH3 is 1. The van der Waals surface area contributed by atoms with Gasteiger partial charge in [-0.05, 0) is 46.4 Å². The number of hydrogen-bond donors (Lipinski definition) is 2. The number of ether oxygens (including phenoxy) is 1. The lowest BCUT2D eigenvalue weighted by Gasteiger charge is -2.13. The van der Waals surface area contributed by atoms with Crippen LogP contribution in [0.5, 0.6) is 0 Å². The van der Waals surface area contributed by atoms with Gasteiger partial charge in [0.25, 0.3) is 0 Å². The van der Waals surface area contributed by atoms with Crippen molar-refractivity contribution in [2.45, 2.75) is 39.2 Å². The molecule has 0 aliphatic heterocycles. The third-order valence-electron chi connectivity index (χ3n) is 6.63. The number of rotatable bonds is 11. The van der Waals surface area contributed by atoms with Crippen LogP contribution in [0.3, 0.4) is 0 Å². The number of tetrazole rings is 1. The molecule has 2 N–H and O–H groups in total. The summed E-state index contributed by atoms with van der Waals surface area (Å²) in [4.78, 5) is 28.9. The first-order chi connectivity index (χ1) is 19.5. The van der Waals surface area contributed by atoms with E-state index in [4.69, 9.17) is 14.8 Å². The Labute approximate surface area is 230 Å². The van der Waals surface area contributed by atoms with Crippen LogP contribution in [-0.2, 0) is 28.9 Å². The second kappa shape index (κ2) is 11.8. The molecule has 0 aliphatic carbocycles. The number of benzene rings is 2. The number of nitrogens with one attached hydrogen (secondary N) is 1. The van der Waals surface area contributed by atoms with Crippen molar-refractivity contribution in [1.29, 1.82) is 0 Å². The molecule has 0 saturated heterocycles. The van der Waals surface area contributed by atoms with Crippen molar-refractivity contribution < 1.29 is 19.4 Å². The van der Waals surface area contributed by atoms with Crippen LogP contribution >= 0.6 is 0 Å². The number of carbonyl (C=O) groups excluding carboxylic acids is 1. The van der Waals surface area contributed by atoms with Crippen molar-refractivity contribution in [1.82, 2.24) is 34.7 Å². The summed E-state index contributed by atoms with van der Waals surface area (Å²) in [6, 6.07) is 17.8. The van der Waals surface area contributed by atoms with Crippen molar-refractivity contribution >= 4 is 11.9 Å². The minimum absolute atomic E-state index is 0.0268. The van der Waals surface area contributed by atoms with Gasteiger partial charge < -0.3 is 19.0 Å². The summed E-state index contributed by atoms with van der Waals surface area (Å²) in [5, 5.41) is 23.5. The summed E-state index contributed by atoms with van der Waals surface area (Å²) in [6.45, 7) is 2.48. The Morgan fingerprint density at radius 1 is 1.00 bits per heavy atom. The number of nitrogens with zero attached hydrogens (tertiary/aromatic N) is 6. The summed E-state index contributed by atoms with van der Waals surface area (Å²) in [5.41, 5.74) is 5.03. The predicted molar refractivity (Wildman–Crippen MR) is 147 cm³/mol. The van der Waals surface area contributed by atoms with Crippen molar-refractivity contribution in [3.63, 3.8) is 0 Å². The lowest BCUT2D eigenvalue weighted by atomic mass is 9.98. The highest BCUT2D eigenvalue weighted by Crippen LogP contribution is 2.30. The summed E-state index contributed by atoms with van der Waals surface area (Å²) >= 11 is 0. The van der Waals surface area contributed by atoms with E-state index < -0.39 is 11.9 Å². The molecule has 0 aliphatic rings. The number of H-pyrrole nitrogens is 1. The van der Waals surface area contributed by atoms with Gasteiger partial charge in [0, 0.05) is 37.3 Å². The van der Waals surface area contributed by atoms with E-state index in [0.29, 0.717) is 36.7 Å². The van der Waals surface area contributed by atoms with Crippen LogP contribution in [0.2, 0.25) is 0 Å². The molecule has 0 bridgehead atoms. The Hall–Kier alpha value is -5.06. The molecule has 0 fully saturated rings. The molecule has 0 amide bonds. The van der Waals surface area contributed by atoms with Crippen LogP contribution in [0.15, 0.2) is 67.0 Å². The van der Waals surface area contributed by atoms with Crippen LogP contribution in [0.1, 0.15) is 47.2 Å². The number of carbonyl (C=O) groups is 2. The molecule has 5 aromatic rings. The Morgan fingerprint density at radius 3 is 2.45 bits per heavy atom. The number of aromatic amines is 1. The van der Waals surface area contributed by atoms with Gasteiger partial charge in [0.2, 0.25) is 5.82 Å². The zero-order valence-electron chi connectivity index (χ0n) is 22.2. The number of hydrogen-bond acceptors (Lipinski definition) is 7. The molecule has 40 heavy (non-hydrogen) atoms. The minimum Gasteiger partial charge on any atom is -0.481 e. The molecule has 0 atom stereocenters. The van der Waals surface area contributed by atoms with Gasteiger partial charge in [-0.1, -0.05) is 55.5 Å². The fraction of sp³-hybridized carbons (Fsp3) is 0.241. The molecule has 11 nitrogen and oxygen atoms in total.